The van der Waals surface area contributed by atoms with Gasteiger partial charge in [-0.3, -0.25) is 0 Å². The van der Waals surface area contributed by atoms with Crippen molar-refractivity contribution in [1.82, 2.24) is 10.1 Å². The van der Waals surface area contributed by atoms with Gasteiger partial charge in [-0.2, -0.15) is 0 Å². The monoisotopic (exact) mass is 383 g/mol. The maximum atomic E-state index is 11.8. The summed E-state index contributed by atoms with van der Waals surface area (Å²) in [5.74, 6) is 0.317. The van der Waals surface area contributed by atoms with Crippen molar-refractivity contribution in [3.8, 4) is 23.0 Å². The van der Waals surface area contributed by atoms with E-state index in [-0.39, 0.29) is 23.7 Å². The van der Waals surface area contributed by atoms with Gasteiger partial charge in [-0.15, -0.1) is 0 Å². The lowest BCUT2D eigenvalue weighted by atomic mass is 10.1. The molecule has 0 unspecified atom stereocenters. The molecule has 0 spiro atoms. The molecule has 0 aliphatic rings. The van der Waals surface area contributed by atoms with Crippen LogP contribution in [0, 0.1) is 13.8 Å². The molecule has 3 aromatic rings. The largest absolute Gasteiger partial charge is 0.497 e. The van der Waals surface area contributed by atoms with Crippen molar-refractivity contribution in [2.45, 2.75) is 20.4 Å². The molecule has 0 bridgehead atoms. The van der Waals surface area contributed by atoms with Crippen LogP contribution < -0.4 is 14.8 Å². The number of nitrogens with zero attached hydrogens (tertiary/aromatic N) is 2. The Morgan fingerprint density at radius 1 is 1.18 bits per heavy atom. The van der Waals surface area contributed by atoms with Crippen molar-refractivity contribution in [3.63, 3.8) is 0 Å². The van der Waals surface area contributed by atoms with E-state index < -0.39 is 5.97 Å². The molecule has 2 aromatic heterocycles. The maximum absolute atomic E-state index is 11.8. The fourth-order valence-electron chi connectivity index (χ4n) is 2.93. The van der Waals surface area contributed by atoms with Crippen LogP contribution in [0.5, 0.6) is 11.6 Å². The topological polar surface area (TPSA) is 107 Å². The highest BCUT2D eigenvalue weighted by Gasteiger charge is 2.24. The molecule has 0 aliphatic heterocycles. The molecule has 0 atom stereocenters. The molecule has 0 fully saturated rings. The Morgan fingerprint density at radius 3 is 2.50 bits per heavy atom. The number of hydrogen-bond donors (Lipinski definition) is 2. The third kappa shape index (κ3) is 3.75. The molecule has 0 radical (unpaired) electrons. The summed E-state index contributed by atoms with van der Waals surface area (Å²) in [5.41, 5.74) is 3.19. The summed E-state index contributed by atoms with van der Waals surface area (Å²) in [7, 11) is 3.11. The Balaban J connectivity index is 1.91. The normalized spacial score (nSPS) is 10.6. The number of ether oxygens (including phenoxy) is 2. The molecule has 8 heteroatoms. The van der Waals surface area contributed by atoms with Crippen molar-refractivity contribution in [3.05, 3.63) is 52.7 Å². The quantitative estimate of drug-likeness (QED) is 0.636. The number of carboxylic acids is 1. The molecule has 28 heavy (non-hydrogen) atoms. The molecule has 0 saturated heterocycles. The van der Waals surface area contributed by atoms with Crippen LogP contribution in [0.15, 0.2) is 34.9 Å². The SMILES string of the molecule is COc1ccc(-c2onc(NCc3c(C)cc(C)nc3OC)c2C(=O)O)cc1. The van der Waals surface area contributed by atoms with E-state index >= 15 is 0 Å². The average molecular weight is 383 g/mol. The zero-order chi connectivity index (χ0) is 20.3. The van der Waals surface area contributed by atoms with Crippen LogP contribution >= 0.6 is 0 Å². The number of methoxy groups -OCH3 is 2. The second-order valence-corrected chi connectivity index (χ2v) is 6.19. The molecular weight excluding hydrogens is 362 g/mol. The zero-order valence-electron chi connectivity index (χ0n) is 16.1. The van der Waals surface area contributed by atoms with E-state index in [9.17, 15) is 9.90 Å². The Bertz CT molecular complexity index is 996. The van der Waals surface area contributed by atoms with Gasteiger partial charge in [-0.05, 0) is 49.7 Å². The number of hydrogen-bond acceptors (Lipinski definition) is 7. The predicted octanol–water partition coefficient (Wildman–Crippen LogP) is 3.68. The summed E-state index contributed by atoms with van der Waals surface area (Å²) in [6.45, 7) is 4.11. The fraction of sp³-hybridized carbons (Fsp3) is 0.250. The Labute approximate surface area is 162 Å². The number of aryl methyl sites for hydroxylation is 2. The van der Waals surface area contributed by atoms with E-state index in [0.717, 1.165) is 16.8 Å². The highest BCUT2D eigenvalue weighted by Crippen LogP contribution is 2.31. The first-order chi connectivity index (χ1) is 13.4. The molecule has 0 amide bonds. The van der Waals surface area contributed by atoms with E-state index in [1.54, 1.807) is 38.5 Å². The average Bonchev–Trinajstić information content (AvgIpc) is 3.11. The summed E-state index contributed by atoms with van der Waals surface area (Å²) < 4.78 is 15.8. The summed E-state index contributed by atoms with van der Waals surface area (Å²) in [6, 6.07) is 8.81. The fourth-order valence-corrected chi connectivity index (χ4v) is 2.93. The third-order valence-electron chi connectivity index (χ3n) is 4.32. The molecular formula is C20H21N3O5. The maximum Gasteiger partial charge on any atom is 0.343 e. The number of carbonyl (C=O) groups is 1. The van der Waals surface area contributed by atoms with Crippen molar-refractivity contribution >= 4 is 11.8 Å². The molecule has 3 rings (SSSR count). The van der Waals surface area contributed by atoms with Gasteiger partial charge in [0.1, 0.15) is 5.75 Å². The highest BCUT2D eigenvalue weighted by atomic mass is 16.5. The van der Waals surface area contributed by atoms with Crippen molar-refractivity contribution < 1.29 is 23.9 Å². The van der Waals surface area contributed by atoms with Crippen LogP contribution in [0.1, 0.15) is 27.2 Å². The number of aromatic nitrogens is 2. The van der Waals surface area contributed by atoms with Gasteiger partial charge in [-0.25, -0.2) is 9.78 Å². The number of anilines is 1. The van der Waals surface area contributed by atoms with E-state index in [0.29, 0.717) is 17.2 Å². The predicted molar refractivity (Wildman–Crippen MR) is 103 cm³/mol. The number of aromatic carboxylic acids is 1. The Morgan fingerprint density at radius 2 is 1.89 bits per heavy atom. The number of nitrogens with one attached hydrogen (secondary N) is 1. The zero-order valence-corrected chi connectivity index (χ0v) is 16.1. The van der Waals surface area contributed by atoms with E-state index in [1.165, 1.54) is 0 Å². The van der Waals surface area contributed by atoms with Crippen molar-refractivity contribution in [2.75, 3.05) is 19.5 Å². The molecule has 2 N–H and O–H groups in total. The van der Waals surface area contributed by atoms with Crippen LogP contribution in [-0.2, 0) is 6.54 Å². The summed E-state index contributed by atoms with van der Waals surface area (Å²) in [4.78, 5) is 16.2. The lowest BCUT2D eigenvalue weighted by molar-refractivity contribution is 0.0698. The van der Waals surface area contributed by atoms with E-state index in [2.05, 4.69) is 15.5 Å². The molecule has 2 heterocycles. The van der Waals surface area contributed by atoms with Gasteiger partial charge in [0.2, 0.25) is 5.88 Å². The van der Waals surface area contributed by atoms with Crippen LogP contribution in [-0.4, -0.2) is 35.4 Å². The summed E-state index contributed by atoms with van der Waals surface area (Å²) in [5, 5.41) is 16.6. The minimum Gasteiger partial charge on any atom is -0.497 e. The number of pyridine rings is 1. The smallest absolute Gasteiger partial charge is 0.343 e. The summed E-state index contributed by atoms with van der Waals surface area (Å²) >= 11 is 0. The minimum atomic E-state index is -1.14. The number of rotatable bonds is 7. The van der Waals surface area contributed by atoms with Gasteiger partial charge < -0.3 is 24.4 Å². The lowest BCUT2D eigenvalue weighted by Gasteiger charge is -2.12. The molecule has 0 saturated carbocycles. The molecule has 8 nitrogen and oxygen atoms in total. The number of benzene rings is 1. The van der Waals surface area contributed by atoms with Gasteiger partial charge in [0.05, 0.1) is 14.2 Å². The van der Waals surface area contributed by atoms with Crippen molar-refractivity contribution in [1.29, 1.82) is 0 Å². The third-order valence-corrected chi connectivity index (χ3v) is 4.32. The highest BCUT2D eigenvalue weighted by molar-refractivity contribution is 5.99. The van der Waals surface area contributed by atoms with E-state index in [4.69, 9.17) is 14.0 Å². The second-order valence-electron chi connectivity index (χ2n) is 6.19. The van der Waals surface area contributed by atoms with Crippen molar-refractivity contribution in [2.24, 2.45) is 0 Å². The van der Waals surface area contributed by atoms with Gasteiger partial charge in [-0.1, -0.05) is 5.16 Å². The summed E-state index contributed by atoms with van der Waals surface area (Å²) in [6.07, 6.45) is 0. The number of carboxylic acid groups (broad SMARTS) is 1. The van der Waals surface area contributed by atoms with Gasteiger partial charge in [0.25, 0.3) is 0 Å². The van der Waals surface area contributed by atoms with Crippen LogP contribution in [0.3, 0.4) is 0 Å². The first-order valence-electron chi connectivity index (χ1n) is 8.57. The second kappa shape index (κ2) is 7.99. The first-order valence-corrected chi connectivity index (χ1v) is 8.57. The Kier molecular flexibility index (Phi) is 5.49. The first kappa shape index (κ1) is 19.2. The van der Waals surface area contributed by atoms with Crippen LogP contribution in [0.25, 0.3) is 11.3 Å². The molecule has 146 valence electrons. The minimum absolute atomic E-state index is 0.0399. The van der Waals surface area contributed by atoms with Crippen LogP contribution in [0.4, 0.5) is 5.82 Å². The van der Waals surface area contributed by atoms with Crippen LogP contribution in [0.2, 0.25) is 0 Å². The molecule has 1 aromatic carbocycles. The standard InChI is InChI=1S/C20H21N3O5/c1-11-9-12(2)22-19(27-4)15(11)10-21-18-16(20(24)25)17(28-23-18)13-5-7-14(26-3)8-6-13/h5-9H,10H2,1-4H3,(H,21,23)(H,24,25). The van der Waals surface area contributed by atoms with Gasteiger partial charge in [0, 0.05) is 23.4 Å². The van der Waals surface area contributed by atoms with Gasteiger partial charge >= 0.3 is 5.97 Å². The van der Waals surface area contributed by atoms with Gasteiger partial charge in [0.15, 0.2) is 17.1 Å². The van der Waals surface area contributed by atoms with E-state index in [1.807, 2.05) is 19.9 Å². The molecule has 0 aliphatic carbocycles. The Hall–Kier alpha value is -3.55. The lowest BCUT2D eigenvalue weighted by Crippen LogP contribution is -2.09.